The van der Waals surface area contributed by atoms with Gasteiger partial charge < -0.3 is 5.32 Å². The van der Waals surface area contributed by atoms with E-state index >= 15 is 0 Å². The molecule has 0 saturated heterocycles. The Balaban J connectivity index is 1.51. The number of anilines is 1. The van der Waals surface area contributed by atoms with Gasteiger partial charge >= 0.3 is 0 Å². The molecule has 0 bridgehead atoms. The molecule has 4 aromatic rings. The van der Waals surface area contributed by atoms with Crippen molar-refractivity contribution in [1.29, 1.82) is 0 Å². The number of aromatic nitrogens is 5. The molecular weight excluding hydrogens is 445 g/mol. The van der Waals surface area contributed by atoms with Crippen LogP contribution in [0.1, 0.15) is 28.9 Å². The predicted octanol–water partition coefficient (Wildman–Crippen LogP) is 4.66. The van der Waals surface area contributed by atoms with Crippen LogP contribution in [-0.2, 0) is 17.9 Å². The van der Waals surface area contributed by atoms with Crippen molar-refractivity contribution in [2.75, 3.05) is 5.32 Å². The Morgan fingerprint density at radius 3 is 2.72 bits per heavy atom. The summed E-state index contributed by atoms with van der Waals surface area (Å²) in [6.07, 6.45) is -1.11. The first kappa shape index (κ1) is 21.8. The number of fused-ring (bicyclic) bond motifs is 1. The number of nitrogens with one attached hydrogen (secondary N) is 1. The van der Waals surface area contributed by atoms with E-state index < -0.39 is 18.1 Å². The highest BCUT2D eigenvalue weighted by molar-refractivity contribution is 6.31. The SMILES string of the molecule is Cc1cc(C(F)F)c2c(C)nn(CC(=O)Nc3ccn(Cc4c(F)cccc4Cl)n3)c2n1. The fraction of sp³-hybridized carbons (Fsp3) is 0.238. The number of hydrogen-bond acceptors (Lipinski definition) is 4. The highest BCUT2D eigenvalue weighted by Gasteiger charge is 2.21. The van der Waals surface area contributed by atoms with Crippen LogP contribution in [0.15, 0.2) is 36.5 Å². The lowest BCUT2D eigenvalue weighted by Gasteiger charge is -2.07. The van der Waals surface area contributed by atoms with Crippen LogP contribution in [0.3, 0.4) is 0 Å². The van der Waals surface area contributed by atoms with E-state index in [9.17, 15) is 18.0 Å². The van der Waals surface area contributed by atoms with Crippen molar-refractivity contribution in [3.05, 3.63) is 69.9 Å². The smallest absolute Gasteiger partial charge is 0.264 e. The maximum absolute atomic E-state index is 14.0. The van der Waals surface area contributed by atoms with Crippen LogP contribution in [0.2, 0.25) is 5.02 Å². The first-order chi connectivity index (χ1) is 15.2. The van der Waals surface area contributed by atoms with Crippen molar-refractivity contribution in [3.63, 3.8) is 0 Å². The molecule has 0 atom stereocenters. The minimum atomic E-state index is -2.68. The molecule has 0 unspecified atom stereocenters. The summed E-state index contributed by atoms with van der Waals surface area (Å²) in [5.74, 6) is -0.677. The second-order valence-corrected chi connectivity index (χ2v) is 7.65. The van der Waals surface area contributed by atoms with Gasteiger partial charge in [-0.15, -0.1) is 0 Å². The molecule has 11 heteroatoms. The normalized spacial score (nSPS) is 11.5. The first-order valence-electron chi connectivity index (χ1n) is 9.62. The summed E-state index contributed by atoms with van der Waals surface area (Å²) in [5, 5.41) is 11.6. The molecule has 3 heterocycles. The number of pyridine rings is 1. The van der Waals surface area contributed by atoms with Crippen molar-refractivity contribution >= 4 is 34.4 Å². The molecule has 32 heavy (non-hydrogen) atoms. The third kappa shape index (κ3) is 4.31. The molecule has 0 fully saturated rings. The van der Waals surface area contributed by atoms with E-state index in [1.165, 1.54) is 27.6 Å². The van der Waals surface area contributed by atoms with Crippen LogP contribution < -0.4 is 5.32 Å². The van der Waals surface area contributed by atoms with Crippen molar-refractivity contribution in [2.24, 2.45) is 0 Å². The lowest BCUT2D eigenvalue weighted by atomic mass is 10.1. The second kappa shape index (κ2) is 8.62. The summed E-state index contributed by atoms with van der Waals surface area (Å²) < 4.78 is 43.6. The minimum absolute atomic E-state index is 0.0873. The first-order valence-corrected chi connectivity index (χ1v) is 9.99. The topological polar surface area (TPSA) is 77.6 Å². The van der Waals surface area contributed by atoms with Crippen LogP contribution in [-0.4, -0.2) is 30.5 Å². The summed E-state index contributed by atoms with van der Waals surface area (Å²) in [7, 11) is 0. The van der Waals surface area contributed by atoms with E-state index in [0.29, 0.717) is 11.4 Å². The van der Waals surface area contributed by atoms with Gasteiger partial charge in [-0.2, -0.15) is 10.2 Å². The largest absolute Gasteiger partial charge is 0.308 e. The van der Waals surface area contributed by atoms with Crippen molar-refractivity contribution in [2.45, 2.75) is 33.4 Å². The molecule has 4 rings (SSSR count). The Kier molecular flexibility index (Phi) is 5.88. The third-order valence-corrected chi connectivity index (χ3v) is 5.21. The number of halogens is 4. The molecule has 0 spiro atoms. The monoisotopic (exact) mass is 462 g/mol. The zero-order valence-corrected chi connectivity index (χ0v) is 17.9. The van der Waals surface area contributed by atoms with Crippen LogP contribution in [0.5, 0.6) is 0 Å². The van der Waals surface area contributed by atoms with E-state index in [-0.39, 0.29) is 46.1 Å². The number of aryl methyl sites for hydroxylation is 2. The van der Waals surface area contributed by atoms with Gasteiger partial charge in [-0.25, -0.2) is 22.8 Å². The lowest BCUT2D eigenvalue weighted by Crippen LogP contribution is -2.20. The standard InChI is InChI=1S/C21H18ClF3N6O/c1-11-8-13(20(24)25)19-12(2)28-31(21(19)26-11)10-18(32)27-17-6-7-30(29-17)9-14-15(22)4-3-5-16(14)23/h3-8,20H,9-10H2,1-2H3,(H,27,29,32). The molecular formula is C21H18ClF3N6O. The highest BCUT2D eigenvalue weighted by atomic mass is 35.5. The quantitative estimate of drug-likeness (QED) is 0.452. The fourth-order valence-electron chi connectivity index (χ4n) is 3.48. The Labute approximate surface area is 185 Å². The highest BCUT2D eigenvalue weighted by Crippen LogP contribution is 2.30. The summed E-state index contributed by atoms with van der Waals surface area (Å²) in [4.78, 5) is 16.8. The zero-order valence-electron chi connectivity index (χ0n) is 17.1. The van der Waals surface area contributed by atoms with Crippen LogP contribution in [0.4, 0.5) is 19.0 Å². The molecule has 1 N–H and O–H groups in total. The number of nitrogens with zero attached hydrogens (tertiary/aromatic N) is 5. The molecule has 0 saturated carbocycles. The Bertz CT molecular complexity index is 1300. The molecule has 7 nitrogen and oxygen atoms in total. The Morgan fingerprint density at radius 1 is 1.22 bits per heavy atom. The Morgan fingerprint density at radius 2 is 2.00 bits per heavy atom. The third-order valence-electron chi connectivity index (χ3n) is 4.85. The number of rotatable bonds is 6. The van der Waals surface area contributed by atoms with Gasteiger partial charge in [-0.05, 0) is 32.0 Å². The van der Waals surface area contributed by atoms with Gasteiger partial charge in [0.15, 0.2) is 11.5 Å². The van der Waals surface area contributed by atoms with Gasteiger partial charge in [0.25, 0.3) is 6.43 Å². The van der Waals surface area contributed by atoms with E-state index in [2.05, 4.69) is 20.5 Å². The maximum Gasteiger partial charge on any atom is 0.264 e. The van der Waals surface area contributed by atoms with Crippen LogP contribution in [0, 0.1) is 19.7 Å². The van der Waals surface area contributed by atoms with Crippen molar-refractivity contribution < 1.29 is 18.0 Å². The van der Waals surface area contributed by atoms with Gasteiger partial charge in [-0.1, -0.05) is 17.7 Å². The number of hydrogen-bond donors (Lipinski definition) is 1. The van der Waals surface area contributed by atoms with E-state index in [1.54, 1.807) is 32.2 Å². The number of amides is 1. The molecule has 0 aliphatic heterocycles. The molecule has 1 amide bonds. The summed E-state index contributed by atoms with van der Waals surface area (Å²) >= 11 is 6.04. The van der Waals surface area contributed by atoms with E-state index in [0.717, 1.165) is 0 Å². The predicted molar refractivity (Wildman–Crippen MR) is 113 cm³/mol. The Hall–Kier alpha value is -3.40. The van der Waals surface area contributed by atoms with Gasteiger partial charge in [0, 0.05) is 34.1 Å². The lowest BCUT2D eigenvalue weighted by molar-refractivity contribution is -0.116. The number of carbonyl (C=O) groups excluding carboxylic acids is 1. The summed E-state index contributed by atoms with van der Waals surface area (Å²) in [5.41, 5.74) is 1.10. The second-order valence-electron chi connectivity index (χ2n) is 7.24. The molecule has 3 aromatic heterocycles. The average Bonchev–Trinajstić information content (AvgIpc) is 3.28. The van der Waals surface area contributed by atoms with Gasteiger partial charge in [0.2, 0.25) is 5.91 Å². The molecule has 0 radical (unpaired) electrons. The van der Waals surface area contributed by atoms with E-state index in [4.69, 9.17) is 11.6 Å². The van der Waals surface area contributed by atoms with Crippen molar-refractivity contribution in [3.8, 4) is 0 Å². The molecule has 166 valence electrons. The average molecular weight is 463 g/mol. The number of benzene rings is 1. The minimum Gasteiger partial charge on any atom is -0.308 e. The number of carbonyl (C=O) groups is 1. The van der Waals surface area contributed by atoms with Crippen molar-refractivity contribution in [1.82, 2.24) is 24.5 Å². The zero-order chi connectivity index (χ0) is 23.0. The fourth-order valence-corrected chi connectivity index (χ4v) is 3.70. The maximum atomic E-state index is 14.0. The summed E-state index contributed by atoms with van der Waals surface area (Å²) in [6.45, 7) is 3.04. The van der Waals surface area contributed by atoms with Gasteiger partial charge in [0.1, 0.15) is 12.4 Å². The molecule has 1 aromatic carbocycles. The van der Waals surface area contributed by atoms with Gasteiger partial charge in [-0.3, -0.25) is 9.48 Å². The number of alkyl halides is 2. The van der Waals surface area contributed by atoms with Crippen LogP contribution >= 0.6 is 11.6 Å². The molecule has 0 aliphatic carbocycles. The summed E-state index contributed by atoms with van der Waals surface area (Å²) in [6, 6.07) is 7.27. The van der Waals surface area contributed by atoms with Crippen LogP contribution in [0.25, 0.3) is 11.0 Å². The molecule has 0 aliphatic rings. The van der Waals surface area contributed by atoms with Gasteiger partial charge in [0.05, 0.1) is 17.6 Å². The van der Waals surface area contributed by atoms with E-state index in [1.807, 2.05) is 0 Å².